The molecule has 2 amide bonds. The van der Waals surface area contributed by atoms with Crippen LogP contribution in [0, 0.1) is 11.7 Å². The zero-order valence-electron chi connectivity index (χ0n) is 24.1. The Morgan fingerprint density at radius 3 is 2.47 bits per heavy atom. The first kappa shape index (κ1) is 30.7. The van der Waals surface area contributed by atoms with Crippen LogP contribution in [-0.2, 0) is 6.18 Å². The number of benzene rings is 1. The number of amides is 2. The second kappa shape index (κ2) is 11.7. The van der Waals surface area contributed by atoms with Crippen LogP contribution in [0.25, 0.3) is 10.6 Å². The fourth-order valence-electron chi connectivity index (χ4n) is 5.23. The van der Waals surface area contributed by atoms with Gasteiger partial charge in [-0.2, -0.15) is 13.2 Å². The summed E-state index contributed by atoms with van der Waals surface area (Å²) >= 11 is 0.994. The second-order valence-corrected chi connectivity index (χ2v) is 12.4. The molecule has 3 heterocycles. The molecule has 43 heavy (non-hydrogen) atoms. The van der Waals surface area contributed by atoms with E-state index in [1.165, 1.54) is 18.3 Å². The molecule has 0 radical (unpaired) electrons. The minimum atomic E-state index is -4.96. The number of piperazine rings is 1. The van der Waals surface area contributed by atoms with E-state index in [1.54, 1.807) is 11.9 Å². The summed E-state index contributed by atoms with van der Waals surface area (Å²) in [7, 11) is 3.67. The van der Waals surface area contributed by atoms with Crippen molar-refractivity contribution >= 4 is 34.5 Å². The van der Waals surface area contributed by atoms with Crippen LogP contribution in [0.3, 0.4) is 0 Å². The largest absolute Gasteiger partial charge is 0.417 e. The zero-order chi connectivity index (χ0) is 31.2. The topological polar surface area (TPSA) is 102 Å². The van der Waals surface area contributed by atoms with Crippen LogP contribution < -0.4 is 15.8 Å². The van der Waals surface area contributed by atoms with Gasteiger partial charge in [0, 0.05) is 62.7 Å². The average Bonchev–Trinajstić information content (AvgIpc) is 3.62. The Bertz CT molecular complexity index is 1590. The number of aromatic nitrogens is 2. The lowest BCUT2D eigenvalue weighted by molar-refractivity contribution is -0.138. The molecule has 2 fully saturated rings. The van der Waals surface area contributed by atoms with Crippen molar-refractivity contribution in [2.45, 2.75) is 44.9 Å². The van der Waals surface area contributed by atoms with Crippen LogP contribution >= 0.6 is 11.3 Å². The summed E-state index contributed by atoms with van der Waals surface area (Å²) < 4.78 is 56.9. The van der Waals surface area contributed by atoms with E-state index in [4.69, 9.17) is 0 Å². The summed E-state index contributed by atoms with van der Waals surface area (Å²) in [5.41, 5.74) is -2.84. The fourth-order valence-corrected chi connectivity index (χ4v) is 6.16. The highest BCUT2D eigenvalue weighted by Gasteiger charge is 2.36. The van der Waals surface area contributed by atoms with Gasteiger partial charge in [-0.1, -0.05) is 0 Å². The van der Waals surface area contributed by atoms with Gasteiger partial charge in [0.15, 0.2) is 0 Å². The summed E-state index contributed by atoms with van der Waals surface area (Å²) in [6.45, 7) is 5.56. The first-order chi connectivity index (χ1) is 20.2. The number of carbonyl (C=O) groups excluding carboxylic acids is 2. The quantitative estimate of drug-likeness (QED) is 0.364. The molecule has 1 aliphatic heterocycles. The number of H-pyrrole nitrogens is 1. The number of aromatic amines is 1. The molecule has 0 unspecified atom stereocenters. The Balaban J connectivity index is 1.53. The first-order valence-corrected chi connectivity index (χ1v) is 14.7. The number of likely N-dealkylation sites (N-methyl/N-ethyl adjacent to an activating group) is 1. The van der Waals surface area contributed by atoms with Crippen molar-refractivity contribution in [2.75, 3.05) is 43.9 Å². The molecule has 230 valence electrons. The van der Waals surface area contributed by atoms with Gasteiger partial charge in [-0.25, -0.2) is 9.37 Å². The summed E-state index contributed by atoms with van der Waals surface area (Å²) in [5, 5.41) is 2.71. The molecule has 0 spiro atoms. The van der Waals surface area contributed by atoms with Crippen molar-refractivity contribution in [3.8, 4) is 10.6 Å². The lowest BCUT2D eigenvalue weighted by atomic mass is 10.1. The van der Waals surface area contributed by atoms with E-state index in [2.05, 4.69) is 20.2 Å². The number of carbonyl (C=O) groups is 2. The highest BCUT2D eigenvalue weighted by atomic mass is 32.1. The molecule has 9 nitrogen and oxygen atoms in total. The molecule has 2 aromatic heterocycles. The van der Waals surface area contributed by atoms with E-state index in [1.807, 2.05) is 25.8 Å². The number of rotatable bonds is 7. The van der Waals surface area contributed by atoms with Crippen molar-refractivity contribution in [1.82, 2.24) is 19.8 Å². The highest BCUT2D eigenvalue weighted by molar-refractivity contribution is 7.16. The van der Waals surface area contributed by atoms with E-state index < -0.39 is 34.6 Å². The standard InChI is InChI=1S/C29H32F4N6O3S/c1-15-12-39(13-16(2)38(15)4)23-9-21(30)18(27-35-11-24(43-27)28(42)37(3)14-17-5-6-17)7-22(23)36-26(41)19-10-34-25(40)8-20(19)29(31,32)33/h7-11,15-17H,5-6,12-14H2,1-4H3,(H,34,40)(H,36,41)/t15-,16+. The number of thiazole rings is 1. The molecule has 2 aliphatic rings. The molecule has 2 atom stereocenters. The molecule has 0 bridgehead atoms. The number of hydrogen-bond acceptors (Lipinski definition) is 7. The van der Waals surface area contributed by atoms with Crippen LogP contribution in [0.15, 0.2) is 35.4 Å². The third-order valence-corrected chi connectivity index (χ3v) is 9.05. The van der Waals surface area contributed by atoms with Gasteiger partial charge in [-0.3, -0.25) is 19.3 Å². The van der Waals surface area contributed by atoms with Gasteiger partial charge in [-0.15, -0.1) is 11.3 Å². The summed E-state index contributed by atoms with van der Waals surface area (Å²) in [6, 6.07) is 3.01. The lowest BCUT2D eigenvalue weighted by Gasteiger charge is -2.44. The maximum atomic E-state index is 15.7. The molecule has 3 aromatic rings. The van der Waals surface area contributed by atoms with E-state index >= 15 is 4.39 Å². The van der Waals surface area contributed by atoms with Crippen LogP contribution in [0.4, 0.5) is 28.9 Å². The van der Waals surface area contributed by atoms with Gasteiger partial charge < -0.3 is 20.1 Å². The number of hydrogen-bond donors (Lipinski definition) is 2. The van der Waals surface area contributed by atoms with Gasteiger partial charge in [0.1, 0.15) is 15.7 Å². The maximum Gasteiger partial charge on any atom is 0.417 e. The number of alkyl halides is 3. The average molecular weight is 621 g/mol. The predicted molar refractivity (Wildman–Crippen MR) is 156 cm³/mol. The smallest absolute Gasteiger partial charge is 0.367 e. The Labute approximate surface area is 249 Å². The third kappa shape index (κ3) is 6.59. The van der Waals surface area contributed by atoms with Gasteiger partial charge in [-0.05, 0) is 45.7 Å². The fraction of sp³-hybridized carbons (Fsp3) is 0.448. The van der Waals surface area contributed by atoms with Crippen LogP contribution in [-0.4, -0.2) is 77.4 Å². The molecule has 14 heteroatoms. The Hall–Kier alpha value is -3.78. The molecule has 1 saturated heterocycles. The Kier molecular flexibility index (Phi) is 8.36. The van der Waals surface area contributed by atoms with E-state index in [0.717, 1.165) is 24.2 Å². The van der Waals surface area contributed by atoms with Gasteiger partial charge >= 0.3 is 6.18 Å². The van der Waals surface area contributed by atoms with Crippen molar-refractivity contribution in [3.05, 3.63) is 62.8 Å². The molecule has 5 rings (SSSR count). The second-order valence-electron chi connectivity index (χ2n) is 11.4. The van der Waals surface area contributed by atoms with E-state index in [-0.39, 0.29) is 39.9 Å². The molecule has 2 N–H and O–H groups in total. The minimum absolute atomic E-state index is 0.0133. The number of nitrogens with one attached hydrogen (secondary N) is 2. The predicted octanol–water partition coefficient (Wildman–Crippen LogP) is 4.92. The molecular weight excluding hydrogens is 588 g/mol. The lowest BCUT2D eigenvalue weighted by Crippen LogP contribution is -2.55. The monoisotopic (exact) mass is 620 g/mol. The van der Waals surface area contributed by atoms with Crippen molar-refractivity contribution in [1.29, 1.82) is 0 Å². The Morgan fingerprint density at radius 2 is 1.84 bits per heavy atom. The van der Waals surface area contributed by atoms with Crippen molar-refractivity contribution in [2.24, 2.45) is 5.92 Å². The number of anilines is 2. The number of halogens is 4. The van der Waals surface area contributed by atoms with E-state index in [0.29, 0.717) is 42.7 Å². The van der Waals surface area contributed by atoms with Crippen LogP contribution in [0.1, 0.15) is 52.3 Å². The summed E-state index contributed by atoms with van der Waals surface area (Å²) in [6.07, 6.45) is -0.729. The Morgan fingerprint density at radius 1 is 1.16 bits per heavy atom. The van der Waals surface area contributed by atoms with Gasteiger partial charge in [0.2, 0.25) is 5.56 Å². The van der Waals surface area contributed by atoms with Gasteiger partial charge in [0.05, 0.1) is 28.7 Å². The third-order valence-electron chi connectivity index (χ3n) is 8.03. The van der Waals surface area contributed by atoms with E-state index in [9.17, 15) is 27.6 Å². The number of pyridine rings is 1. The highest BCUT2D eigenvalue weighted by Crippen LogP contribution is 2.38. The minimum Gasteiger partial charge on any atom is -0.367 e. The van der Waals surface area contributed by atoms with Crippen molar-refractivity contribution < 1.29 is 27.2 Å². The zero-order valence-corrected chi connectivity index (χ0v) is 24.9. The number of nitrogens with zero attached hydrogens (tertiary/aromatic N) is 4. The van der Waals surface area contributed by atoms with Crippen LogP contribution in [0.2, 0.25) is 0 Å². The summed E-state index contributed by atoms with van der Waals surface area (Å²) in [5.74, 6) is -1.54. The molecule has 1 saturated carbocycles. The normalized spacial score (nSPS) is 19.4. The first-order valence-electron chi connectivity index (χ1n) is 13.9. The summed E-state index contributed by atoms with van der Waals surface area (Å²) in [4.78, 5) is 50.2. The van der Waals surface area contributed by atoms with Crippen LogP contribution in [0.5, 0.6) is 0 Å². The molecular formula is C29H32F4N6O3S. The SMILES string of the molecule is C[C@@H]1CN(c2cc(F)c(-c3ncc(C(=O)N(C)CC4CC4)s3)cc2NC(=O)c2c[nH]c(=O)cc2C(F)(F)F)C[C@H](C)N1C. The van der Waals surface area contributed by atoms with Crippen molar-refractivity contribution in [3.63, 3.8) is 0 Å². The molecule has 1 aromatic carbocycles. The molecule has 1 aliphatic carbocycles. The van der Waals surface area contributed by atoms with Gasteiger partial charge in [0.25, 0.3) is 11.8 Å². The maximum absolute atomic E-state index is 15.7.